The van der Waals surface area contributed by atoms with Crippen LogP contribution in [-0.2, 0) is 0 Å². The number of amides is 2. The normalized spacial score (nSPS) is 10.9. The molecule has 60 heavy (non-hydrogen) atoms. The van der Waals surface area contributed by atoms with Crippen LogP contribution in [0.1, 0.15) is 169 Å². The van der Waals surface area contributed by atoms with Crippen LogP contribution >= 0.6 is 0 Å². The average Bonchev–Trinajstić information content (AvgIpc) is 3.24. The van der Waals surface area contributed by atoms with Gasteiger partial charge in [-0.3, -0.25) is 19.7 Å². The average molecular weight is 834 g/mol. The first-order chi connectivity index (χ1) is 29.2. The van der Waals surface area contributed by atoms with Crippen LogP contribution in [0.2, 0.25) is 0 Å². The second-order valence-electron chi connectivity index (χ2n) is 15.5. The zero-order valence-corrected chi connectivity index (χ0v) is 37.2. The second-order valence-corrected chi connectivity index (χ2v) is 15.5. The van der Waals surface area contributed by atoms with Crippen molar-refractivity contribution in [2.75, 3.05) is 45.2 Å². The Bertz CT molecular complexity index is 1760. The molecule has 0 aliphatic heterocycles. The predicted octanol–water partition coefficient (Wildman–Crippen LogP) is 13.0. The number of anilines is 2. The Labute approximate surface area is 358 Å². The van der Waals surface area contributed by atoms with Crippen molar-refractivity contribution in [3.05, 3.63) is 69.3 Å². The van der Waals surface area contributed by atoms with E-state index in [0.717, 1.165) is 56.6 Å². The molecule has 0 aliphatic rings. The fraction of sp³-hybridized carbons (Fsp3) is 0.583. The number of carbonyl (C=O) groups is 2. The van der Waals surface area contributed by atoms with Crippen LogP contribution in [0.4, 0.5) is 17.1 Å². The van der Waals surface area contributed by atoms with Crippen LogP contribution in [0, 0.1) is 17.0 Å². The molecule has 2 amide bonds. The van der Waals surface area contributed by atoms with Crippen molar-refractivity contribution in [1.29, 1.82) is 0 Å². The predicted molar refractivity (Wildman–Crippen MR) is 241 cm³/mol. The van der Waals surface area contributed by atoms with Gasteiger partial charge < -0.3 is 34.3 Å². The van der Waals surface area contributed by atoms with Crippen LogP contribution in [0.3, 0.4) is 0 Å². The molecular weight excluding hydrogens is 763 g/mol. The van der Waals surface area contributed by atoms with Crippen molar-refractivity contribution in [3.63, 3.8) is 0 Å². The standard InChI is InChI=1S/C48H71N3O9/c1-7-9-11-13-15-17-19-21-23-25-29-59-45-34-43(57-5)37(47(52)49-39-31-36(3)27-28-42(39)56-4)32-40(45)50-48(53)38-33-41(51(54)55)46(35-44(38)58-6)60-30-26-24-22-20-18-16-14-12-10-8-2/h27-28,31-35H,7-26,29-30H2,1-6H3,(H,49,52)(H,50,53). The SMILES string of the molecule is CCCCCCCCCCCCOc1cc(OC)c(C(=O)Nc2cc(C)ccc2OC)cc1NC(=O)c1cc([N+](=O)[O-])c(OCCCCCCCCCCCC)cc1OC. The van der Waals surface area contributed by atoms with E-state index >= 15 is 0 Å². The molecular formula is C48H71N3O9. The molecule has 0 aromatic heterocycles. The number of ether oxygens (including phenoxy) is 5. The molecule has 12 heteroatoms. The van der Waals surface area contributed by atoms with Crippen LogP contribution in [0.25, 0.3) is 0 Å². The summed E-state index contributed by atoms with van der Waals surface area (Å²) in [6, 6.07) is 11.0. The van der Waals surface area contributed by atoms with Crippen LogP contribution < -0.4 is 34.3 Å². The summed E-state index contributed by atoms with van der Waals surface area (Å²) >= 11 is 0. The number of benzene rings is 3. The van der Waals surface area contributed by atoms with Gasteiger partial charge in [-0.05, 0) is 43.5 Å². The van der Waals surface area contributed by atoms with Gasteiger partial charge in [-0.25, -0.2) is 0 Å². The molecule has 332 valence electrons. The lowest BCUT2D eigenvalue weighted by molar-refractivity contribution is -0.385. The van der Waals surface area contributed by atoms with Crippen LogP contribution in [-0.4, -0.2) is 51.3 Å². The van der Waals surface area contributed by atoms with Gasteiger partial charge in [-0.15, -0.1) is 0 Å². The number of nitro groups is 1. The van der Waals surface area contributed by atoms with Gasteiger partial charge in [0.05, 0.1) is 62.0 Å². The Morgan fingerprint density at radius 1 is 0.517 bits per heavy atom. The van der Waals surface area contributed by atoms with E-state index in [1.807, 2.05) is 13.0 Å². The van der Waals surface area contributed by atoms with E-state index < -0.39 is 16.7 Å². The summed E-state index contributed by atoms with van der Waals surface area (Å²) in [5, 5.41) is 18.0. The number of rotatable bonds is 32. The van der Waals surface area contributed by atoms with Gasteiger partial charge in [0.1, 0.15) is 23.0 Å². The topological polar surface area (TPSA) is 147 Å². The third kappa shape index (κ3) is 16.9. The molecule has 0 spiro atoms. The van der Waals surface area contributed by atoms with Gasteiger partial charge in [-0.1, -0.05) is 135 Å². The lowest BCUT2D eigenvalue weighted by atomic mass is 10.1. The maximum atomic E-state index is 14.0. The minimum atomic E-state index is -0.697. The number of methoxy groups -OCH3 is 3. The summed E-state index contributed by atoms with van der Waals surface area (Å²) in [6.07, 6.45) is 23.2. The number of hydrogen-bond donors (Lipinski definition) is 2. The van der Waals surface area contributed by atoms with Gasteiger partial charge in [-0.2, -0.15) is 0 Å². The molecule has 0 fully saturated rings. The Hall–Kier alpha value is -5.00. The highest BCUT2D eigenvalue weighted by molar-refractivity contribution is 6.11. The Balaban J connectivity index is 1.79. The lowest BCUT2D eigenvalue weighted by Gasteiger charge is -2.18. The number of aryl methyl sites for hydroxylation is 1. The minimum absolute atomic E-state index is 0.0276. The first-order valence-electron chi connectivity index (χ1n) is 22.3. The molecule has 0 atom stereocenters. The number of unbranched alkanes of at least 4 members (excludes halogenated alkanes) is 18. The summed E-state index contributed by atoms with van der Waals surface area (Å²) in [5.41, 5.74) is 1.25. The highest BCUT2D eigenvalue weighted by Gasteiger charge is 2.26. The highest BCUT2D eigenvalue weighted by atomic mass is 16.6. The van der Waals surface area contributed by atoms with Crippen molar-refractivity contribution >= 4 is 28.9 Å². The van der Waals surface area contributed by atoms with Gasteiger partial charge >= 0.3 is 5.69 Å². The molecule has 0 unspecified atom stereocenters. The number of hydrogen-bond acceptors (Lipinski definition) is 9. The van der Waals surface area contributed by atoms with Crippen LogP contribution in [0.5, 0.6) is 28.7 Å². The van der Waals surface area contributed by atoms with Gasteiger partial charge in [0.25, 0.3) is 11.8 Å². The van der Waals surface area contributed by atoms with Crippen molar-refractivity contribution in [2.24, 2.45) is 0 Å². The Kier molecular flexibility index (Phi) is 23.4. The molecule has 3 aromatic carbocycles. The van der Waals surface area contributed by atoms with E-state index in [2.05, 4.69) is 24.5 Å². The number of nitrogens with one attached hydrogen (secondary N) is 2. The summed E-state index contributed by atoms with van der Waals surface area (Å²) < 4.78 is 28.8. The summed E-state index contributed by atoms with van der Waals surface area (Å²) in [4.78, 5) is 39.6. The number of nitro benzene ring substituents is 1. The fourth-order valence-corrected chi connectivity index (χ4v) is 7.12. The fourth-order valence-electron chi connectivity index (χ4n) is 7.12. The third-order valence-electron chi connectivity index (χ3n) is 10.6. The molecule has 0 saturated heterocycles. The molecule has 3 aromatic rings. The number of nitrogens with zero attached hydrogens (tertiary/aromatic N) is 1. The first-order valence-corrected chi connectivity index (χ1v) is 22.3. The van der Waals surface area contributed by atoms with E-state index in [1.54, 1.807) is 18.2 Å². The third-order valence-corrected chi connectivity index (χ3v) is 10.6. The minimum Gasteiger partial charge on any atom is -0.496 e. The van der Waals surface area contributed by atoms with Gasteiger partial charge in [0.15, 0.2) is 0 Å². The largest absolute Gasteiger partial charge is 0.496 e. The maximum Gasteiger partial charge on any atom is 0.312 e. The van der Waals surface area contributed by atoms with Crippen molar-refractivity contribution in [1.82, 2.24) is 0 Å². The lowest BCUT2D eigenvalue weighted by Crippen LogP contribution is -2.18. The van der Waals surface area contributed by atoms with E-state index in [4.69, 9.17) is 23.7 Å². The smallest absolute Gasteiger partial charge is 0.312 e. The van der Waals surface area contributed by atoms with E-state index in [-0.39, 0.29) is 45.5 Å². The molecule has 12 nitrogen and oxygen atoms in total. The summed E-state index contributed by atoms with van der Waals surface area (Å²) in [5.74, 6) is -0.0936. The van der Waals surface area contributed by atoms with Crippen molar-refractivity contribution < 1.29 is 38.2 Å². The molecule has 0 heterocycles. The zero-order valence-electron chi connectivity index (χ0n) is 37.2. The Morgan fingerprint density at radius 2 is 0.917 bits per heavy atom. The van der Waals surface area contributed by atoms with E-state index in [9.17, 15) is 19.7 Å². The van der Waals surface area contributed by atoms with Crippen molar-refractivity contribution in [3.8, 4) is 28.7 Å². The highest BCUT2D eigenvalue weighted by Crippen LogP contribution is 2.38. The van der Waals surface area contributed by atoms with Gasteiger partial charge in [0, 0.05) is 18.2 Å². The van der Waals surface area contributed by atoms with E-state index in [1.165, 1.54) is 117 Å². The molecule has 0 radical (unpaired) electrons. The van der Waals surface area contributed by atoms with Crippen molar-refractivity contribution in [2.45, 2.75) is 149 Å². The molecule has 3 rings (SSSR count). The molecule has 0 bridgehead atoms. The maximum absolute atomic E-state index is 14.0. The van der Waals surface area contributed by atoms with E-state index in [0.29, 0.717) is 24.7 Å². The van der Waals surface area contributed by atoms with Gasteiger partial charge in [0.2, 0.25) is 5.75 Å². The summed E-state index contributed by atoms with van der Waals surface area (Å²) in [7, 11) is 4.36. The molecule has 0 saturated carbocycles. The summed E-state index contributed by atoms with van der Waals surface area (Å²) in [6.45, 7) is 7.02. The molecule has 0 aliphatic carbocycles. The van der Waals surface area contributed by atoms with Crippen LogP contribution in [0.15, 0.2) is 42.5 Å². The number of carbonyl (C=O) groups excluding carboxylic acids is 2. The zero-order chi connectivity index (χ0) is 43.5. The molecule has 2 N–H and O–H groups in total. The Morgan fingerprint density at radius 3 is 1.37 bits per heavy atom. The quantitative estimate of drug-likeness (QED) is 0.0356. The monoisotopic (exact) mass is 834 g/mol. The first kappa shape index (κ1) is 49.4. The second kappa shape index (κ2) is 28.5.